The van der Waals surface area contributed by atoms with E-state index in [4.69, 9.17) is 9.84 Å². The first kappa shape index (κ1) is 15.5. The summed E-state index contributed by atoms with van der Waals surface area (Å²) in [5.41, 5.74) is 1.09. The number of nitrogens with zero attached hydrogens (tertiary/aromatic N) is 3. The molecule has 1 saturated heterocycles. The zero-order valence-corrected chi connectivity index (χ0v) is 13.2. The maximum atomic E-state index is 11.1. The van der Waals surface area contributed by atoms with Gasteiger partial charge in [-0.15, -0.1) is 0 Å². The normalized spacial score (nSPS) is 22.7. The minimum absolute atomic E-state index is 0.126. The third-order valence-corrected chi connectivity index (χ3v) is 4.86. The number of rotatable bonds is 6. The highest BCUT2D eigenvalue weighted by Gasteiger charge is 2.28. The summed E-state index contributed by atoms with van der Waals surface area (Å²) in [4.78, 5) is 13.6. The maximum absolute atomic E-state index is 11.1. The van der Waals surface area contributed by atoms with Gasteiger partial charge < -0.3 is 9.84 Å². The topological polar surface area (TPSA) is 67.6 Å². The Labute approximate surface area is 131 Å². The van der Waals surface area contributed by atoms with Gasteiger partial charge in [0.2, 0.25) is 0 Å². The molecule has 122 valence electrons. The Hall–Kier alpha value is -1.40. The van der Waals surface area contributed by atoms with Crippen molar-refractivity contribution in [1.29, 1.82) is 0 Å². The van der Waals surface area contributed by atoms with E-state index in [-0.39, 0.29) is 5.69 Å². The third kappa shape index (κ3) is 3.50. The molecule has 22 heavy (non-hydrogen) atoms. The fourth-order valence-corrected chi connectivity index (χ4v) is 3.63. The monoisotopic (exact) mass is 307 g/mol. The molecule has 1 atom stereocenters. The van der Waals surface area contributed by atoms with Crippen LogP contribution in [0, 0.1) is 0 Å². The van der Waals surface area contributed by atoms with Crippen molar-refractivity contribution in [2.75, 3.05) is 13.2 Å². The van der Waals surface area contributed by atoms with Gasteiger partial charge in [-0.25, -0.2) is 4.79 Å². The van der Waals surface area contributed by atoms with Gasteiger partial charge in [0.25, 0.3) is 0 Å². The summed E-state index contributed by atoms with van der Waals surface area (Å²) in [6, 6.07) is 2.28. The summed E-state index contributed by atoms with van der Waals surface area (Å²) in [6.07, 6.45) is 7.66. The minimum atomic E-state index is -0.964. The first-order valence-electron chi connectivity index (χ1n) is 8.25. The second-order valence-electron chi connectivity index (χ2n) is 6.45. The Balaban J connectivity index is 1.72. The van der Waals surface area contributed by atoms with Gasteiger partial charge in [-0.2, -0.15) is 5.10 Å². The van der Waals surface area contributed by atoms with Crippen LogP contribution in [0.4, 0.5) is 0 Å². The molecule has 3 rings (SSSR count). The first-order valence-corrected chi connectivity index (χ1v) is 8.25. The average molecular weight is 307 g/mol. The zero-order valence-electron chi connectivity index (χ0n) is 13.2. The van der Waals surface area contributed by atoms with Gasteiger partial charge in [0.05, 0.1) is 11.8 Å². The molecule has 1 aliphatic heterocycles. The number of hydrogen-bond acceptors (Lipinski definition) is 4. The van der Waals surface area contributed by atoms with Gasteiger partial charge in [0.1, 0.15) is 0 Å². The molecule has 6 heteroatoms. The van der Waals surface area contributed by atoms with Crippen molar-refractivity contribution >= 4 is 5.97 Å². The molecule has 0 spiro atoms. The predicted molar refractivity (Wildman–Crippen MR) is 81.8 cm³/mol. The fourth-order valence-electron chi connectivity index (χ4n) is 3.63. The lowest BCUT2D eigenvalue weighted by Crippen LogP contribution is -2.39. The molecule has 0 amide bonds. The maximum Gasteiger partial charge on any atom is 0.356 e. The van der Waals surface area contributed by atoms with Crippen LogP contribution in [0.5, 0.6) is 0 Å². The van der Waals surface area contributed by atoms with Crippen molar-refractivity contribution in [3.05, 3.63) is 17.5 Å². The lowest BCUT2D eigenvalue weighted by atomic mass is 10.1. The lowest BCUT2D eigenvalue weighted by Gasteiger charge is -2.30. The second-order valence-corrected chi connectivity index (χ2v) is 6.45. The quantitative estimate of drug-likeness (QED) is 0.871. The van der Waals surface area contributed by atoms with E-state index in [1.807, 2.05) is 7.05 Å². The lowest BCUT2D eigenvalue weighted by molar-refractivity contribution is 0.0531. The number of carboxylic acids is 1. The molecule has 1 aliphatic carbocycles. The Morgan fingerprint density at radius 2 is 2.18 bits per heavy atom. The Morgan fingerprint density at radius 3 is 2.77 bits per heavy atom. The molecule has 2 fully saturated rings. The van der Waals surface area contributed by atoms with Gasteiger partial charge in [-0.1, -0.05) is 12.8 Å². The number of carbonyl (C=O) groups is 1. The molecule has 1 aromatic heterocycles. The van der Waals surface area contributed by atoms with Crippen LogP contribution in [0.2, 0.25) is 0 Å². The highest BCUT2D eigenvalue weighted by Crippen LogP contribution is 2.27. The van der Waals surface area contributed by atoms with Crippen LogP contribution in [-0.4, -0.2) is 51.1 Å². The molecule has 2 aliphatic rings. The number of aromatic carboxylic acids is 1. The number of aromatic nitrogens is 2. The highest BCUT2D eigenvalue weighted by atomic mass is 16.5. The van der Waals surface area contributed by atoms with E-state index >= 15 is 0 Å². The first-order chi connectivity index (χ1) is 10.6. The molecule has 0 radical (unpaired) electrons. The molecule has 2 heterocycles. The summed E-state index contributed by atoms with van der Waals surface area (Å²) in [5.74, 6) is -0.964. The van der Waals surface area contributed by atoms with Crippen LogP contribution in [0.15, 0.2) is 6.07 Å². The van der Waals surface area contributed by atoms with Gasteiger partial charge in [0.15, 0.2) is 5.69 Å². The van der Waals surface area contributed by atoms with Crippen molar-refractivity contribution in [2.45, 2.75) is 57.2 Å². The Morgan fingerprint density at radius 1 is 1.41 bits per heavy atom. The molecule has 6 nitrogen and oxygen atoms in total. The molecule has 0 bridgehead atoms. The molecule has 0 aromatic carbocycles. The van der Waals surface area contributed by atoms with E-state index in [1.54, 1.807) is 10.7 Å². The van der Waals surface area contributed by atoms with Crippen molar-refractivity contribution in [2.24, 2.45) is 7.05 Å². The largest absolute Gasteiger partial charge is 0.476 e. The molecule has 1 aromatic rings. The molecule has 1 N–H and O–H groups in total. The minimum Gasteiger partial charge on any atom is -0.476 e. The molecular formula is C16H25N3O3. The van der Waals surface area contributed by atoms with Crippen LogP contribution < -0.4 is 0 Å². The Kier molecular flexibility index (Phi) is 4.78. The van der Waals surface area contributed by atoms with Crippen molar-refractivity contribution in [3.63, 3.8) is 0 Å². The summed E-state index contributed by atoms with van der Waals surface area (Å²) < 4.78 is 7.49. The number of aryl methyl sites for hydroxylation is 1. The third-order valence-electron chi connectivity index (χ3n) is 4.86. The number of carboxylic acid groups (broad SMARTS) is 1. The Bertz CT molecular complexity index is 517. The predicted octanol–water partition coefficient (Wildman–Crippen LogP) is 2.04. The number of ether oxygens (including phenoxy) is 1. The zero-order chi connectivity index (χ0) is 15.5. The summed E-state index contributed by atoms with van der Waals surface area (Å²) in [5, 5.41) is 13.2. The summed E-state index contributed by atoms with van der Waals surface area (Å²) in [6.45, 7) is 2.57. The summed E-state index contributed by atoms with van der Waals surface area (Å²) >= 11 is 0. The smallest absolute Gasteiger partial charge is 0.356 e. The van der Waals surface area contributed by atoms with E-state index in [0.29, 0.717) is 12.1 Å². The van der Waals surface area contributed by atoms with Gasteiger partial charge >= 0.3 is 5.97 Å². The van der Waals surface area contributed by atoms with E-state index in [0.717, 1.165) is 38.2 Å². The fraction of sp³-hybridized carbons (Fsp3) is 0.750. The average Bonchev–Trinajstić information content (AvgIpc) is 3.20. The van der Waals surface area contributed by atoms with Gasteiger partial charge in [-0.05, 0) is 31.7 Å². The SMILES string of the molecule is Cn1nc(C(=O)O)cc1CN(CC1CCCO1)C1CCCC1. The second kappa shape index (κ2) is 6.79. The van der Waals surface area contributed by atoms with Crippen molar-refractivity contribution in [1.82, 2.24) is 14.7 Å². The van der Waals surface area contributed by atoms with Crippen molar-refractivity contribution in [3.8, 4) is 0 Å². The standard InChI is InChI=1S/C16H25N3O3/c1-18-13(9-15(17-18)16(20)21)10-19(12-5-2-3-6-12)11-14-7-4-8-22-14/h9,12,14H,2-8,10-11H2,1H3,(H,20,21). The van der Waals surface area contributed by atoms with Crippen molar-refractivity contribution < 1.29 is 14.6 Å². The van der Waals surface area contributed by atoms with Gasteiger partial charge in [0, 0.05) is 32.8 Å². The van der Waals surface area contributed by atoms with E-state index in [2.05, 4.69) is 10.00 Å². The summed E-state index contributed by atoms with van der Waals surface area (Å²) in [7, 11) is 1.82. The van der Waals surface area contributed by atoms with E-state index in [1.165, 1.54) is 25.7 Å². The number of hydrogen-bond donors (Lipinski definition) is 1. The molecule has 1 saturated carbocycles. The van der Waals surface area contributed by atoms with Crippen LogP contribution >= 0.6 is 0 Å². The molecule has 1 unspecified atom stereocenters. The highest BCUT2D eigenvalue weighted by molar-refractivity contribution is 5.85. The molecular weight excluding hydrogens is 282 g/mol. The van der Waals surface area contributed by atoms with Crippen LogP contribution in [0.3, 0.4) is 0 Å². The van der Waals surface area contributed by atoms with Crippen LogP contribution in [-0.2, 0) is 18.3 Å². The van der Waals surface area contributed by atoms with Crippen LogP contribution in [0.1, 0.15) is 54.7 Å². The van der Waals surface area contributed by atoms with Gasteiger partial charge in [-0.3, -0.25) is 9.58 Å². The van der Waals surface area contributed by atoms with Crippen LogP contribution in [0.25, 0.3) is 0 Å². The van der Waals surface area contributed by atoms with E-state index in [9.17, 15) is 4.79 Å². The van der Waals surface area contributed by atoms with E-state index < -0.39 is 5.97 Å².